The molecule has 2 heterocycles. The number of rotatable bonds is 7. The molecule has 0 aliphatic carbocycles. The predicted octanol–water partition coefficient (Wildman–Crippen LogP) is 0.245. The smallest absolute Gasteiger partial charge is 0.303 e. The lowest BCUT2D eigenvalue weighted by Crippen LogP contribution is -2.42. The van der Waals surface area contributed by atoms with Crippen LogP contribution in [-0.2, 0) is 19.6 Å². The van der Waals surface area contributed by atoms with E-state index in [-0.39, 0.29) is 36.0 Å². The van der Waals surface area contributed by atoms with Gasteiger partial charge >= 0.3 is 5.97 Å². The summed E-state index contributed by atoms with van der Waals surface area (Å²) in [6.07, 6.45) is 6.96. The van der Waals surface area contributed by atoms with E-state index in [1.807, 2.05) is 0 Å². The van der Waals surface area contributed by atoms with Gasteiger partial charge in [-0.2, -0.15) is 0 Å². The van der Waals surface area contributed by atoms with Crippen molar-refractivity contribution in [2.45, 2.75) is 25.7 Å². The molecule has 0 fully saturated rings. The third-order valence-corrected chi connectivity index (χ3v) is 4.60. The maximum atomic E-state index is 12.2. The normalized spacial score (nSPS) is 18.7. The number of carbonyl (C=O) groups is 2. The second-order valence-corrected chi connectivity index (χ2v) is 7.03. The van der Waals surface area contributed by atoms with Crippen LogP contribution >= 0.6 is 0 Å². The highest BCUT2D eigenvalue weighted by atomic mass is 32.2. The Morgan fingerprint density at radius 1 is 1.30 bits per heavy atom. The van der Waals surface area contributed by atoms with Gasteiger partial charge in [0, 0.05) is 25.7 Å². The zero-order valence-electron chi connectivity index (χ0n) is 12.6. The molecule has 0 saturated heterocycles. The van der Waals surface area contributed by atoms with Crippen molar-refractivity contribution in [3.05, 3.63) is 23.9 Å². The number of unbranched alkanes of at least 4 members (excludes halogenated alkanes) is 2. The Morgan fingerprint density at radius 2 is 2.09 bits per heavy atom. The maximum Gasteiger partial charge on any atom is 0.303 e. The number of carbonyl (C=O) groups excluding carboxylic acids is 1. The van der Waals surface area contributed by atoms with Crippen molar-refractivity contribution in [2.24, 2.45) is 4.40 Å². The molecule has 2 N–H and O–H groups in total. The van der Waals surface area contributed by atoms with Crippen LogP contribution in [0.4, 0.5) is 0 Å². The van der Waals surface area contributed by atoms with Gasteiger partial charge < -0.3 is 15.3 Å². The minimum Gasteiger partial charge on any atom is -0.481 e. The highest BCUT2D eigenvalue weighted by molar-refractivity contribution is 7.90. The number of amides is 1. The van der Waals surface area contributed by atoms with E-state index in [2.05, 4.69) is 9.71 Å². The van der Waals surface area contributed by atoms with Crippen LogP contribution in [0.15, 0.2) is 28.3 Å². The Hall–Kier alpha value is -2.16. The Balaban J connectivity index is 1.89. The molecule has 0 bridgehead atoms. The number of carboxylic acids is 1. The fourth-order valence-corrected chi connectivity index (χ4v) is 3.25. The van der Waals surface area contributed by atoms with Crippen LogP contribution in [-0.4, -0.2) is 55.0 Å². The van der Waals surface area contributed by atoms with E-state index in [4.69, 9.17) is 5.11 Å². The molecule has 0 unspecified atom stereocenters. The third-order valence-electron chi connectivity index (χ3n) is 3.46. The topological polar surface area (TPSA) is 116 Å². The van der Waals surface area contributed by atoms with Crippen molar-refractivity contribution in [2.75, 3.05) is 18.8 Å². The van der Waals surface area contributed by atoms with Crippen molar-refractivity contribution in [3.8, 4) is 0 Å². The third kappa shape index (κ3) is 4.92. The molecule has 126 valence electrons. The quantitative estimate of drug-likeness (QED) is 0.641. The van der Waals surface area contributed by atoms with Gasteiger partial charge in [-0.25, -0.2) is 8.42 Å². The van der Waals surface area contributed by atoms with Crippen LogP contribution in [0.5, 0.6) is 0 Å². The minimum atomic E-state index is -3.52. The Kier molecular flexibility index (Phi) is 5.54. The van der Waals surface area contributed by atoms with Crippen LogP contribution in [0.25, 0.3) is 0 Å². The Morgan fingerprint density at radius 3 is 2.83 bits per heavy atom. The summed E-state index contributed by atoms with van der Waals surface area (Å²) in [5.74, 6) is -1.13. The predicted molar refractivity (Wildman–Crippen MR) is 84.3 cm³/mol. The number of amidine groups is 1. The van der Waals surface area contributed by atoms with Crippen molar-refractivity contribution in [1.29, 1.82) is 0 Å². The lowest BCUT2D eigenvalue weighted by Gasteiger charge is -2.28. The Bertz CT molecular complexity index is 679. The first-order valence-electron chi connectivity index (χ1n) is 7.37. The number of nitrogens with one attached hydrogen (secondary N) is 1. The molecular weight excluding hydrogens is 322 g/mol. The zero-order valence-corrected chi connectivity index (χ0v) is 13.4. The SMILES string of the molecule is O=C(O)CCCCCNC(=O)C1=CC=CN2CCS(=O)(=O)N=C12. The number of nitrogens with zero attached hydrogens (tertiary/aromatic N) is 2. The summed E-state index contributed by atoms with van der Waals surface area (Å²) in [4.78, 5) is 24.2. The molecule has 9 heteroatoms. The van der Waals surface area contributed by atoms with Crippen molar-refractivity contribution in [3.63, 3.8) is 0 Å². The summed E-state index contributed by atoms with van der Waals surface area (Å²) in [6, 6.07) is 0. The van der Waals surface area contributed by atoms with E-state index in [9.17, 15) is 18.0 Å². The first-order valence-corrected chi connectivity index (χ1v) is 8.98. The number of aliphatic carboxylic acids is 1. The molecule has 0 radical (unpaired) electrons. The van der Waals surface area contributed by atoms with Gasteiger partial charge in [-0.05, 0) is 25.0 Å². The number of allylic oxidation sites excluding steroid dienone is 2. The minimum absolute atomic E-state index is 0.0701. The molecule has 0 spiro atoms. The second-order valence-electron chi connectivity index (χ2n) is 5.28. The van der Waals surface area contributed by atoms with Crippen LogP contribution < -0.4 is 5.32 Å². The molecular formula is C14H19N3O5S. The zero-order chi connectivity index (χ0) is 16.9. The van der Waals surface area contributed by atoms with Crippen LogP contribution in [0.2, 0.25) is 0 Å². The number of hydrogen-bond acceptors (Lipinski definition) is 5. The first kappa shape index (κ1) is 17.2. The van der Waals surface area contributed by atoms with E-state index in [0.29, 0.717) is 25.8 Å². The highest BCUT2D eigenvalue weighted by Gasteiger charge is 2.29. The van der Waals surface area contributed by atoms with Crippen LogP contribution in [0.3, 0.4) is 0 Å². The summed E-state index contributed by atoms with van der Waals surface area (Å²) >= 11 is 0. The van der Waals surface area contributed by atoms with E-state index in [0.717, 1.165) is 0 Å². The largest absolute Gasteiger partial charge is 0.481 e. The summed E-state index contributed by atoms with van der Waals surface area (Å²) in [5, 5.41) is 11.2. The molecule has 0 aromatic heterocycles. The molecule has 2 rings (SSSR count). The van der Waals surface area contributed by atoms with E-state index in [1.54, 1.807) is 17.2 Å². The van der Waals surface area contributed by atoms with Crippen molar-refractivity contribution < 1.29 is 23.1 Å². The first-order chi connectivity index (χ1) is 10.9. The van der Waals surface area contributed by atoms with Gasteiger partial charge in [0.05, 0.1) is 11.3 Å². The molecule has 8 nitrogen and oxygen atoms in total. The molecule has 0 atom stereocenters. The second kappa shape index (κ2) is 7.40. The standard InChI is InChI=1S/C14H19N3O5S/c18-12(19)6-2-1-3-7-15-14(20)11-5-4-8-17-9-10-23(21,22)16-13(11)17/h4-5,8H,1-3,6-7,9-10H2,(H,15,20)(H,18,19). The lowest BCUT2D eigenvalue weighted by molar-refractivity contribution is -0.137. The highest BCUT2D eigenvalue weighted by Crippen LogP contribution is 2.17. The van der Waals surface area contributed by atoms with E-state index in [1.165, 1.54) is 6.08 Å². The molecule has 0 aromatic carbocycles. The number of hydrogen-bond donors (Lipinski definition) is 2. The molecule has 2 aliphatic rings. The van der Waals surface area contributed by atoms with E-state index < -0.39 is 16.0 Å². The lowest BCUT2D eigenvalue weighted by atomic mass is 10.1. The molecule has 2 aliphatic heterocycles. The number of sulfonamides is 1. The summed E-state index contributed by atoms with van der Waals surface area (Å²) in [5.41, 5.74) is 0.223. The summed E-state index contributed by atoms with van der Waals surface area (Å²) in [7, 11) is -3.52. The molecule has 1 amide bonds. The van der Waals surface area contributed by atoms with Gasteiger partial charge in [-0.1, -0.05) is 6.42 Å². The Labute approximate surface area is 134 Å². The molecule has 0 saturated carbocycles. The molecule has 23 heavy (non-hydrogen) atoms. The number of carboxylic acid groups (broad SMARTS) is 1. The fourth-order valence-electron chi connectivity index (χ4n) is 2.27. The van der Waals surface area contributed by atoms with Crippen molar-refractivity contribution >= 4 is 27.7 Å². The van der Waals surface area contributed by atoms with Gasteiger partial charge in [0.1, 0.15) is 0 Å². The average molecular weight is 341 g/mol. The monoisotopic (exact) mass is 341 g/mol. The summed E-state index contributed by atoms with van der Waals surface area (Å²) < 4.78 is 26.9. The summed E-state index contributed by atoms with van der Waals surface area (Å²) in [6.45, 7) is 0.678. The van der Waals surface area contributed by atoms with Crippen molar-refractivity contribution in [1.82, 2.24) is 10.2 Å². The van der Waals surface area contributed by atoms with E-state index >= 15 is 0 Å². The van der Waals surface area contributed by atoms with Gasteiger partial charge in [0.15, 0.2) is 5.84 Å². The van der Waals surface area contributed by atoms with Gasteiger partial charge in [-0.3, -0.25) is 9.59 Å². The van der Waals surface area contributed by atoms with Gasteiger partial charge in [0.25, 0.3) is 15.9 Å². The maximum absolute atomic E-state index is 12.2. The van der Waals surface area contributed by atoms with Crippen LogP contribution in [0.1, 0.15) is 25.7 Å². The van der Waals surface area contributed by atoms with Gasteiger partial charge in [-0.15, -0.1) is 4.40 Å². The van der Waals surface area contributed by atoms with Crippen LogP contribution in [0, 0.1) is 0 Å². The average Bonchev–Trinajstić information content (AvgIpc) is 2.48. The number of fused-ring (bicyclic) bond motifs is 1. The fraction of sp³-hybridized carbons (Fsp3) is 0.500. The van der Waals surface area contributed by atoms with Gasteiger partial charge in [0.2, 0.25) is 0 Å². The molecule has 0 aromatic rings.